The molecule has 0 bridgehead atoms. The van der Waals surface area contributed by atoms with Crippen molar-refractivity contribution in [2.45, 2.75) is 25.8 Å². The summed E-state index contributed by atoms with van der Waals surface area (Å²) in [5.74, 6) is 0.674. The quantitative estimate of drug-likeness (QED) is 0.871. The van der Waals surface area contributed by atoms with Gasteiger partial charge in [0.1, 0.15) is 5.75 Å². The number of halogens is 3. The Morgan fingerprint density at radius 1 is 1.41 bits per heavy atom. The molecule has 0 saturated heterocycles. The third-order valence-electron chi connectivity index (χ3n) is 2.46. The number of alkyl halides is 2. The molecule has 1 N–H and O–H groups in total. The summed E-state index contributed by atoms with van der Waals surface area (Å²) in [5.41, 5.74) is 0.815. The average molecular weight is 308 g/mol. The van der Waals surface area contributed by atoms with Crippen molar-refractivity contribution in [3.63, 3.8) is 0 Å². The largest absolute Gasteiger partial charge is 0.497 e. The van der Waals surface area contributed by atoms with Gasteiger partial charge in [-0.1, -0.05) is 22.9 Å². The molecule has 1 unspecified atom stereocenters. The van der Waals surface area contributed by atoms with Gasteiger partial charge in [-0.05, 0) is 36.7 Å². The van der Waals surface area contributed by atoms with Crippen LogP contribution >= 0.6 is 15.9 Å². The second kappa shape index (κ2) is 6.91. The number of nitrogens with one attached hydrogen (secondary N) is 1. The van der Waals surface area contributed by atoms with E-state index in [9.17, 15) is 8.78 Å². The molecule has 0 aliphatic rings. The summed E-state index contributed by atoms with van der Waals surface area (Å²) in [6.45, 7) is 2.34. The van der Waals surface area contributed by atoms with E-state index in [2.05, 4.69) is 21.2 Å². The highest BCUT2D eigenvalue weighted by Gasteiger charge is 2.20. The second-order valence-corrected chi connectivity index (χ2v) is 4.51. The maximum absolute atomic E-state index is 12.8. The zero-order valence-electron chi connectivity index (χ0n) is 9.84. The Balaban J connectivity index is 2.84. The minimum absolute atomic E-state index is 0.267. The lowest BCUT2D eigenvalue weighted by Gasteiger charge is -2.18. The Morgan fingerprint density at radius 3 is 2.65 bits per heavy atom. The van der Waals surface area contributed by atoms with Crippen molar-refractivity contribution < 1.29 is 13.5 Å². The molecular formula is C12H16BrF2NO. The van der Waals surface area contributed by atoms with E-state index in [1.165, 1.54) is 0 Å². The summed E-state index contributed by atoms with van der Waals surface area (Å²) in [4.78, 5) is 0. The van der Waals surface area contributed by atoms with Crippen LogP contribution in [0.5, 0.6) is 5.75 Å². The van der Waals surface area contributed by atoms with E-state index in [-0.39, 0.29) is 6.42 Å². The first kappa shape index (κ1) is 14.4. The van der Waals surface area contributed by atoms with Crippen LogP contribution in [-0.4, -0.2) is 26.1 Å². The molecule has 0 fully saturated rings. The Hall–Kier alpha value is -0.680. The number of methoxy groups -OCH3 is 1. The second-order valence-electron chi connectivity index (χ2n) is 3.66. The highest BCUT2D eigenvalue weighted by atomic mass is 79.9. The standard InChI is InChI=1S/C12H16BrF2NO/c1-3-16-11(12(14)15)7-8-6-9(17-2)4-5-10(8)13/h4-6,11-12,16H,3,7H2,1-2H3. The summed E-state index contributed by atoms with van der Waals surface area (Å²) in [6, 6.07) is 4.54. The van der Waals surface area contributed by atoms with Gasteiger partial charge >= 0.3 is 0 Å². The lowest BCUT2D eigenvalue weighted by Crippen LogP contribution is -2.37. The molecule has 0 aliphatic heterocycles. The van der Waals surface area contributed by atoms with Crippen LogP contribution in [0.2, 0.25) is 0 Å². The molecule has 1 aromatic carbocycles. The van der Waals surface area contributed by atoms with Gasteiger partial charge in [0, 0.05) is 4.47 Å². The Kier molecular flexibility index (Phi) is 5.85. The fraction of sp³-hybridized carbons (Fsp3) is 0.500. The van der Waals surface area contributed by atoms with Gasteiger partial charge in [-0.25, -0.2) is 8.78 Å². The van der Waals surface area contributed by atoms with Crippen molar-refractivity contribution in [3.8, 4) is 5.75 Å². The number of hydrogen-bond acceptors (Lipinski definition) is 2. The van der Waals surface area contributed by atoms with Gasteiger partial charge in [0.15, 0.2) is 0 Å². The van der Waals surface area contributed by atoms with E-state index >= 15 is 0 Å². The van der Waals surface area contributed by atoms with Crippen LogP contribution in [0.1, 0.15) is 12.5 Å². The zero-order valence-corrected chi connectivity index (χ0v) is 11.4. The zero-order chi connectivity index (χ0) is 12.8. The molecule has 1 rings (SSSR count). The van der Waals surface area contributed by atoms with Gasteiger partial charge < -0.3 is 10.1 Å². The van der Waals surface area contributed by atoms with E-state index in [1.807, 2.05) is 13.0 Å². The molecule has 0 aromatic heterocycles. The summed E-state index contributed by atoms with van der Waals surface area (Å²) in [7, 11) is 1.56. The number of likely N-dealkylation sites (N-methyl/N-ethyl adjacent to an activating group) is 1. The number of benzene rings is 1. The van der Waals surface area contributed by atoms with Crippen LogP contribution in [0.25, 0.3) is 0 Å². The third kappa shape index (κ3) is 4.24. The fourth-order valence-electron chi connectivity index (χ4n) is 1.58. The normalized spacial score (nSPS) is 12.8. The smallest absolute Gasteiger partial charge is 0.254 e. The molecule has 1 atom stereocenters. The van der Waals surface area contributed by atoms with Gasteiger partial charge in [0.05, 0.1) is 13.2 Å². The number of rotatable bonds is 6. The summed E-state index contributed by atoms with van der Waals surface area (Å²) < 4.78 is 31.5. The Bertz CT molecular complexity index is 360. The summed E-state index contributed by atoms with van der Waals surface area (Å²) in [6.07, 6.45) is -2.11. The Morgan fingerprint density at radius 2 is 2.12 bits per heavy atom. The van der Waals surface area contributed by atoms with E-state index in [1.54, 1.807) is 19.2 Å². The first-order valence-corrected chi connectivity index (χ1v) is 6.21. The minimum Gasteiger partial charge on any atom is -0.497 e. The van der Waals surface area contributed by atoms with Crippen LogP contribution in [0.3, 0.4) is 0 Å². The first-order valence-electron chi connectivity index (χ1n) is 5.42. The molecular weight excluding hydrogens is 292 g/mol. The molecule has 2 nitrogen and oxygen atoms in total. The SMILES string of the molecule is CCNC(Cc1cc(OC)ccc1Br)C(F)F. The maximum Gasteiger partial charge on any atom is 0.254 e. The van der Waals surface area contributed by atoms with E-state index in [0.29, 0.717) is 12.3 Å². The lowest BCUT2D eigenvalue weighted by atomic mass is 10.1. The molecule has 0 saturated carbocycles. The van der Waals surface area contributed by atoms with E-state index in [0.717, 1.165) is 10.0 Å². The predicted octanol–water partition coefficient (Wildman–Crippen LogP) is 3.24. The van der Waals surface area contributed by atoms with Gasteiger partial charge in [0.2, 0.25) is 0 Å². The molecule has 0 aliphatic carbocycles. The van der Waals surface area contributed by atoms with Crippen molar-refractivity contribution in [2.75, 3.05) is 13.7 Å². The average Bonchev–Trinajstić information content (AvgIpc) is 2.31. The molecule has 0 amide bonds. The molecule has 0 spiro atoms. The highest BCUT2D eigenvalue weighted by Crippen LogP contribution is 2.24. The molecule has 1 aromatic rings. The monoisotopic (exact) mass is 307 g/mol. The van der Waals surface area contributed by atoms with Gasteiger partial charge in [0.25, 0.3) is 6.43 Å². The predicted molar refractivity (Wildman–Crippen MR) is 67.9 cm³/mol. The summed E-state index contributed by atoms with van der Waals surface area (Å²) in [5, 5.41) is 2.78. The summed E-state index contributed by atoms with van der Waals surface area (Å²) >= 11 is 3.36. The number of ether oxygens (including phenoxy) is 1. The third-order valence-corrected chi connectivity index (χ3v) is 3.24. The highest BCUT2D eigenvalue weighted by molar-refractivity contribution is 9.10. The molecule has 5 heteroatoms. The minimum atomic E-state index is -2.38. The topological polar surface area (TPSA) is 21.3 Å². The van der Waals surface area contributed by atoms with Gasteiger partial charge in [-0.2, -0.15) is 0 Å². The fourth-order valence-corrected chi connectivity index (χ4v) is 1.99. The number of hydrogen-bond donors (Lipinski definition) is 1. The van der Waals surface area contributed by atoms with Crippen LogP contribution in [0, 0.1) is 0 Å². The Labute approximate surface area is 108 Å². The van der Waals surface area contributed by atoms with Gasteiger partial charge in [-0.3, -0.25) is 0 Å². The molecule has 0 heterocycles. The maximum atomic E-state index is 12.8. The molecule has 96 valence electrons. The molecule has 0 radical (unpaired) electrons. The van der Waals surface area contributed by atoms with Crippen LogP contribution in [0.4, 0.5) is 8.78 Å². The van der Waals surface area contributed by atoms with Crippen LogP contribution < -0.4 is 10.1 Å². The van der Waals surface area contributed by atoms with Crippen LogP contribution in [0.15, 0.2) is 22.7 Å². The molecule has 17 heavy (non-hydrogen) atoms. The van der Waals surface area contributed by atoms with Crippen molar-refractivity contribution in [2.24, 2.45) is 0 Å². The van der Waals surface area contributed by atoms with E-state index in [4.69, 9.17) is 4.74 Å². The van der Waals surface area contributed by atoms with E-state index < -0.39 is 12.5 Å². The lowest BCUT2D eigenvalue weighted by molar-refractivity contribution is 0.0990. The van der Waals surface area contributed by atoms with Crippen molar-refractivity contribution >= 4 is 15.9 Å². The van der Waals surface area contributed by atoms with Crippen molar-refractivity contribution in [1.29, 1.82) is 0 Å². The van der Waals surface area contributed by atoms with Crippen LogP contribution in [-0.2, 0) is 6.42 Å². The van der Waals surface area contributed by atoms with Crippen molar-refractivity contribution in [1.82, 2.24) is 5.32 Å². The van der Waals surface area contributed by atoms with Crippen molar-refractivity contribution in [3.05, 3.63) is 28.2 Å². The first-order chi connectivity index (χ1) is 8.08. The van der Waals surface area contributed by atoms with Gasteiger partial charge in [-0.15, -0.1) is 0 Å².